The maximum Gasteiger partial charge on any atom is 0.229 e. The quantitative estimate of drug-likeness (QED) is 0.228. The lowest BCUT2D eigenvalue weighted by atomic mass is 10.1. The molecule has 10 nitrogen and oxygen atoms in total. The van der Waals surface area contributed by atoms with Gasteiger partial charge in [-0.3, -0.25) is 38.6 Å². The van der Waals surface area contributed by atoms with Crippen molar-refractivity contribution in [1.29, 1.82) is 0 Å². The fourth-order valence-corrected chi connectivity index (χ4v) is 4.99. The number of aldehydes is 2. The van der Waals surface area contributed by atoms with Gasteiger partial charge >= 0.3 is 0 Å². The van der Waals surface area contributed by atoms with E-state index in [1.807, 2.05) is 0 Å². The highest BCUT2D eigenvalue weighted by Gasteiger charge is 2.28. The average molecular weight is 567 g/mol. The zero-order chi connectivity index (χ0) is 29.1. The lowest BCUT2D eigenvalue weighted by molar-refractivity contribution is -0.139. The summed E-state index contributed by atoms with van der Waals surface area (Å²) in [6, 6.07) is 10.3. The number of hydrogen-bond donors (Lipinski definition) is 0. The van der Waals surface area contributed by atoms with Gasteiger partial charge in [0.15, 0.2) is 0 Å². The minimum atomic E-state index is -0.136. The van der Waals surface area contributed by atoms with Gasteiger partial charge in [0.25, 0.3) is 0 Å². The minimum Gasteiger partial charge on any atom is -0.496 e. The lowest BCUT2D eigenvalue weighted by Crippen LogP contribution is -2.31. The Hall–Kier alpha value is -4.25. The summed E-state index contributed by atoms with van der Waals surface area (Å²) < 4.78 is 10.4. The SMILES string of the molecule is COc1cc(C=O)ccc1C=CCN1C(=O)CCC1=O.COc1cc(C=O)ccc1SCCN1C(=O)CCC1=O. The van der Waals surface area contributed by atoms with Crippen molar-refractivity contribution in [2.75, 3.05) is 33.1 Å². The van der Waals surface area contributed by atoms with Gasteiger partial charge in [-0.15, -0.1) is 11.8 Å². The summed E-state index contributed by atoms with van der Waals surface area (Å²) in [5, 5.41) is 0. The predicted octanol–water partition coefficient (Wildman–Crippen LogP) is 3.42. The maximum atomic E-state index is 11.5. The first-order chi connectivity index (χ1) is 19.3. The molecule has 2 aliphatic heterocycles. The third-order valence-electron chi connectivity index (χ3n) is 6.18. The number of carbonyl (C=O) groups excluding carboxylic acids is 6. The Morgan fingerprint density at radius 3 is 1.82 bits per heavy atom. The number of hydrogen-bond acceptors (Lipinski definition) is 9. The van der Waals surface area contributed by atoms with E-state index in [0.717, 1.165) is 23.0 Å². The number of rotatable bonds is 11. The van der Waals surface area contributed by atoms with Crippen LogP contribution < -0.4 is 9.47 Å². The van der Waals surface area contributed by atoms with Crippen LogP contribution in [0.1, 0.15) is 52.0 Å². The fraction of sp³-hybridized carbons (Fsp3) is 0.310. The predicted molar refractivity (Wildman–Crippen MR) is 148 cm³/mol. The van der Waals surface area contributed by atoms with Crippen LogP contribution in [0.25, 0.3) is 6.08 Å². The molecular weight excluding hydrogens is 536 g/mol. The summed E-state index contributed by atoms with van der Waals surface area (Å²) in [5.41, 5.74) is 1.87. The fourth-order valence-electron chi connectivity index (χ4n) is 4.05. The third-order valence-corrected chi connectivity index (χ3v) is 7.22. The third kappa shape index (κ3) is 7.89. The van der Waals surface area contributed by atoms with E-state index in [0.29, 0.717) is 60.6 Å². The molecule has 0 N–H and O–H groups in total. The molecule has 0 aromatic heterocycles. The second kappa shape index (κ2) is 14.8. The molecule has 4 rings (SSSR count). The van der Waals surface area contributed by atoms with E-state index in [-0.39, 0.29) is 30.2 Å². The van der Waals surface area contributed by atoms with E-state index in [1.165, 1.54) is 28.7 Å². The minimum absolute atomic E-state index is 0.0983. The molecule has 0 saturated carbocycles. The van der Waals surface area contributed by atoms with E-state index >= 15 is 0 Å². The van der Waals surface area contributed by atoms with Gasteiger partial charge in [-0.05, 0) is 18.2 Å². The summed E-state index contributed by atoms with van der Waals surface area (Å²) in [4.78, 5) is 70.6. The molecule has 0 aliphatic carbocycles. The van der Waals surface area contributed by atoms with Gasteiger partial charge < -0.3 is 9.47 Å². The van der Waals surface area contributed by atoms with Gasteiger partial charge in [-0.2, -0.15) is 0 Å². The Labute approximate surface area is 236 Å². The summed E-state index contributed by atoms with van der Waals surface area (Å²) in [6.07, 6.45) is 6.25. The van der Waals surface area contributed by atoms with Crippen molar-refractivity contribution in [2.45, 2.75) is 30.6 Å². The summed E-state index contributed by atoms with van der Waals surface area (Å²) >= 11 is 1.49. The van der Waals surface area contributed by atoms with Crippen LogP contribution in [-0.2, 0) is 19.2 Å². The van der Waals surface area contributed by atoms with Gasteiger partial charge in [0.1, 0.15) is 24.1 Å². The first-order valence-electron chi connectivity index (χ1n) is 12.5. The number of thioether (sulfide) groups is 1. The summed E-state index contributed by atoms with van der Waals surface area (Å²) in [5.74, 6) is 1.33. The number of ether oxygens (including phenoxy) is 2. The van der Waals surface area contributed by atoms with Gasteiger partial charge in [-0.1, -0.05) is 30.4 Å². The highest BCUT2D eigenvalue weighted by atomic mass is 32.2. The zero-order valence-electron chi connectivity index (χ0n) is 22.3. The first kappa shape index (κ1) is 30.3. The van der Waals surface area contributed by atoms with E-state index < -0.39 is 0 Å². The van der Waals surface area contributed by atoms with Crippen LogP contribution in [0.3, 0.4) is 0 Å². The van der Waals surface area contributed by atoms with Crippen LogP contribution in [0.4, 0.5) is 0 Å². The molecule has 2 aliphatic rings. The largest absolute Gasteiger partial charge is 0.496 e. The van der Waals surface area contributed by atoms with Crippen molar-refractivity contribution in [3.63, 3.8) is 0 Å². The Morgan fingerprint density at radius 2 is 1.27 bits per heavy atom. The standard InChI is InChI=1S/C15H15NO4.C14H15NO4S/c1-20-13-9-11(10-17)4-5-12(13)3-2-8-16-14(18)6-7-15(16)19;1-19-11-8-10(9-16)2-3-12(11)20-7-6-15-13(17)4-5-14(15)18/h2-5,9-10H,6-8H2,1H3;2-3,8-9H,4-7H2,1H3. The van der Waals surface area contributed by atoms with E-state index in [2.05, 4.69) is 0 Å². The molecule has 0 atom stereocenters. The highest BCUT2D eigenvalue weighted by Crippen LogP contribution is 2.30. The summed E-state index contributed by atoms with van der Waals surface area (Å²) in [7, 11) is 3.07. The molecule has 2 aromatic rings. The first-order valence-corrected chi connectivity index (χ1v) is 13.5. The Kier molecular flexibility index (Phi) is 11.2. The molecule has 2 saturated heterocycles. The van der Waals surface area contributed by atoms with Crippen molar-refractivity contribution < 1.29 is 38.2 Å². The zero-order valence-corrected chi connectivity index (χ0v) is 23.1. The number of methoxy groups -OCH3 is 2. The van der Waals surface area contributed by atoms with Crippen LogP contribution in [0.15, 0.2) is 47.4 Å². The molecule has 0 unspecified atom stereocenters. The molecule has 2 heterocycles. The average Bonchev–Trinajstić information content (AvgIpc) is 3.47. The van der Waals surface area contributed by atoms with Crippen molar-refractivity contribution in [2.24, 2.45) is 0 Å². The Morgan fingerprint density at radius 1 is 0.750 bits per heavy atom. The van der Waals surface area contributed by atoms with Crippen molar-refractivity contribution in [3.05, 3.63) is 59.2 Å². The number of likely N-dealkylation sites (tertiary alicyclic amines) is 2. The molecule has 11 heteroatoms. The second-order valence-electron chi connectivity index (χ2n) is 8.74. The normalized spacial score (nSPS) is 14.9. The highest BCUT2D eigenvalue weighted by molar-refractivity contribution is 7.99. The van der Waals surface area contributed by atoms with E-state index in [1.54, 1.807) is 55.7 Å². The number of imide groups is 2. The maximum absolute atomic E-state index is 11.5. The molecule has 2 aromatic carbocycles. The van der Waals surface area contributed by atoms with E-state index in [9.17, 15) is 28.8 Å². The van der Waals surface area contributed by atoms with Gasteiger partial charge in [0, 0.05) is 66.1 Å². The van der Waals surface area contributed by atoms with Crippen LogP contribution in [-0.4, -0.2) is 79.1 Å². The van der Waals surface area contributed by atoms with Crippen molar-refractivity contribution in [3.8, 4) is 11.5 Å². The smallest absolute Gasteiger partial charge is 0.229 e. The molecule has 210 valence electrons. The van der Waals surface area contributed by atoms with Crippen LogP contribution in [0, 0.1) is 0 Å². The van der Waals surface area contributed by atoms with Crippen LogP contribution in [0.5, 0.6) is 11.5 Å². The number of carbonyl (C=O) groups is 6. The lowest BCUT2D eigenvalue weighted by Gasteiger charge is -2.14. The molecular formula is C29H30N2O8S. The molecule has 4 amide bonds. The molecule has 0 bridgehead atoms. The molecule has 0 spiro atoms. The van der Waals surface area contributed by atoms with Crippen LogP contribution in [0.2, 0.25) is 0 Å². The van der Waals surface area contributed by atoms with Gasteiger partial charge in [-0.25, -0.2) is 0 Å². The van der Waals surface area contributed by atoms with Crippen LogP contribution >= 0.6 is 11.8 Å². The molecule has 2 fully saturated rings. The monoisotopic (exact) mass is 566 g/mol. The summed E-state index contributed by atoms with van der Waals surface area (Å²) in [6.45, 7) is 0.664. The van der Waals surface area contributed by atoms with Gasteiger partial charge in [0.05, 0.1) is 14.2 Å². The molecule has 40 heavy (non-hydrogen) atoms. The Bertz CT molecular complexity index is 1290. The number of benzene rings is 2. The van der Waals surface area contributed by atoms with Gasteiger partial charge in [0.2, 0.25) is 23.6 Å². The number of nitrogens with zero attached hydrogens (tertiary/aromatic N) is 2. The van der Waals surface area contributed by atoms with Crippen molar-refractivity contribution in [1.82, 2.24) is 9.80 Å². The van der Waals surface area contributed by atoms with E-state index in [4.69, 9.17) is 9.47 Å². The second-order valence-corrected chi connectivity index (χ2v) is 9.87. The Balaban J connectivity index is 0.000000220. The molecule has 0 radical (unpaired) electrons. The topological polar surface area (TPSA) is 127 Å². The number of amides is 4. The van der Waals surface area contributed by atoms with Crippen molar-refractivity contribution >= 4 is 54.0 Å².